The lowest BCUT2D eigenvalue weighted by molar-refractivity contribution is -0.143. The topological polar surface area (TPSA) is 94.8 Å². The molecule has 1 heterocycles. The highest BCUT2D eigenvalue weighted by molar-refractivity contribution is 7.98. The SMILES string of the molecule is CCOC(=O)CN(CCc1noc(C)n1)C(=O)c1cccc(COc2ccc(-c3cc(F)c(F)cc3SC)cc2)c1. The number of rotatable bonds is 12. The molecule has 0 aliphatic rings. The molecule has 41 heavy (non-hydrogen) atoms. The maximum atomic E-state index is 13.9. The molecule has 11 heteroatoms. The largest absolute Gasteiger partial charge is 0.489 e. The van der Waals surface area contributed by atoms with Gasteiger partial charge in [-0.2, -0.15) is 4.98 Å². The Labute approximate surface area is 240 Å². The number of halogens is 2. The summed E-state index contributed by atoms with van der Waals surface area (Å²) >= 11 is 1.33. The van der Waals surface area contributed by atoms with Gasteiger partial charge in [-0.3, -0.25) is 9.59 Å². The molecular formula is C30H29F2N3O5S. The van der Waals surface area contributed by atoms with Crippen LogP contribution in [0.15, 0.2) is 70.1 Å². The molecule has 0 saturated carbocycles. The fourth-order valence-corrected chi connectivity index (χ4v) is 4.71. The van der Waals surface area contributed by atoms with E-state index in [0.29, 0.717) is 39.9 Å². The number of amides is 1. The monoisotopic (exact) mass is 581 g/mol. The third kappa shape index (κ3) is 7.91. The first-order chi connectivity index (χ1) is 19.8. The summed E-state index contributed by atoms with van der Waals surface area (Å²) in [5, 5.41) is 3.85. The molecule has 0 saturated heterocycles. The van der Waals surface area contributed by atoms with Crippen LogP contribution in [0.2, 0.25) is 0 Å². The van der Waals surface area contributed by atoms with Crippen molar-refractivity contribution in [2.45, 2.75) is 31.8 Å². The molecule has 0 N–H and O–H groups in total. The van der Waals surface area contributed by atoms with E-state index in [4.69, 9.17) is 14.0 Å². The van der Waals surface area contributed by atoms with E-state index in [1.165, 1.54) is 28.8 Å². The number of aryl methyl sites for hydroxylation is 1. The normalized spacial score (nSPS) is 10.9. The van der Waals surface area contributed by atoms with Crippen LogP contribution >= 0.6 is 11.8 Å². The first kappa shape index (κ1) is 29.7. The van der Waals surface area contributed by atoms with Crippen LogP contribution in [-0.4, -0.2) is 52.9 Å². The van der Waals surface area contributed by atoms with Gasteiger partial charge in [0.2, 0.25) is 5.89 Å². The second-order valence-corrected chi connectivity index (χ2v) is 9.84. The second-order valence-electron chi connectivity index (χ2n) is 8.99. The van der Waals surface area contributed by atoms with E-state index in [1.54, 1.807) is 62.6 Å². The summed E-state index contributed by atoms with van der Waals surface area (Å²) in [7, 11) is 0. The maximum Gasteiger partial charge on any atom is 0.325 e. The smallest absolute Gasteiger partial charge is 0.325 e. The van der Waals surface area contributed by atoms with Crippen molar-refractivity contribution in [2.24, 2.45) is 0 Å². The Morgan fingerprint density at radius 2 is 1.80 bits per heavy atom. The molecule has 1 amide bonds. The number of thioether (sulfide) groups is 1. The number of hydrogen-bond acceptors (Lipinski definition) is 8. The van der Waals surface area contributed by atoms with Crippen molar-refractivity contribution in [2.75, 3.05) is 26.0 Å². The highest BCUT2D eigenvalue weighted by Crippen LogP contribution is 2.33. The molecule has 0 aliphatic carbocycles. The molecule has 4 rings (SSSR count). The average molecular weight is 582 g/mol. The van der Waals surface area contributed by atoms with Crippen LogP contribution in [0, 0.1) is 18.6 Å². The number of aromatic nitrogens is 2. The summed E-state index contributed by atoms with van der Waals surface area (Å²) in [6.45, 7) is 3.74. The average Bonchev–Trinajstić information content (AvgIpc) is 3.40. The van der Waals surface area contributed by atoms with E-state index in [0.717, 1.165) is 11.1 Å². The lowest BCUT2D eigenvalue weighted by atomic mass is 10.1. The van der Waals surface area contributed by atoms with Crippen LogP contribution in [0.4, 0.5) is 8.78 Å². The second kappa shape index (κ2) is 13.9. The quantitative estimate of drug-likeness (QED) is 0.151. The lowest BCUT2D eigenvalue weighted by Gasteiger charge is -2.21. The van der Waals surface area contributed by atoms with Gasteiger partial charge in [-0.15, -0.1) is 11.8 Å². The van der Waals surface area contributed by atoms with Gasteiger partial charge in [0.05, 0.1) is 6.61 Å². The molecule has 4 aromatic rings. The molecule has 0 atom stereocenters. The summed E-state index contributed by atoms with van der Waals surface area (Å²) in [5.74, 6) is -1.23. The van der Waals surface area contributed by atoms with Crippen LogP contribution in [0.25, 0.3) is 11.1 Å². The van der Waals surface area contributed by atoms with Gasteiger partial charge in [-0.05, 0) is 66.3 Å². The van der Waals surface area contributed by atoms with Crippen molar-refractivity contribution in [1.82, 2.24) is 15.0 Å². The van der Waals surface area contributed by atoms with Gasteiger partial charge < -0.3 is 18.9 Å². The van der Waals surface area contributed by atoms with E-state index < -0.39 is 17.6 Å². The first-order valence-electron chi connectivity index (χ1n) is 12.9. The van der Waals surface area contributed by atoms with Gasteiger partial charge in [0.15, 0.2) is 17.5 Å². The van der Waals surface area contributed by atoms with Crippen molar-refractivity contribution in [3.8, 4) is 16.9 Å². The number of carbonyl (C=O) groups excluding carboxylic acids is 2. The predicted octanol–water partition coefficient (Wildman–Crippen LogP) is 5.87. The minimum Gasteiger partial charge on any atom is -0.489 e. The Morgan fingerprint density at radius 3 is 2.49 bits per heavy atom. The molecule has 0 bridgehead atoms. The number of hydrogen-bond donors (Lipinski definition) is 0. The van der Waals surface area contributed by atoms with Crippen LogP contribution in [0.3, 0.4) is 0 Å². The summed E-state index contributed by atoms with van der Waals surface area (Å²) in [5.41, 5.74) is 2.45. The van der Waals surface area contributed by atoms with E-state index in [9.17, 15) is 18.4 Å². The summed E-state index contributed by atoms with van der Waals surface area (Å²) < 4.78 is 43.5. The standard InChI is InChI=1S/C30H29F2N3O5S/c1-4-38-29(36)17-35(13-12-28-33-19(2)40-34-28)30(37)22-7-5-6-20(14-22)18-39-23-10-8-21(9-11-23)24-15-25(31)26(32)16-27(24)41-3/h5-11,14-16H,4,12-13,17-18H2,1-3H3. The Kier molecular flexibility index (Phi) is 10.1. The molecule has 1 aromatic heterocycles. The van der Waals surface area contributed by atoms with E-state index in [2.05, 4.69) is 10.1 Å². The van der Waals surface area contributed by atoms with Gasteiger partial charge in [-0.1, -0.05) is 29.4 Å². The molecule has 0 unspecified atom stereocenters. The molecule has 0 radical (unpaired) electrons. The van der Waals surface area contributed by atoms with E-state index in [-0.39, 0.29) is 32.2 Å². The molecule has 8 nitrogen and oxygen atoms in total. The number of ether oxygens (including phenoxy) is 2. The van der Waals surface area contributed by atoms with E-state index >= 15 is 0 Å². The summed E-state index contributed by atoms with van der Waals surface area (Å²) in [4.78, 5) is 31.7. The molecule has 214 valence electrons. The van der Waals surface area contributed by atoms with Gasteiger partial charge in [-0.25, -0.2) is 8.78 Å². The number of benzene rings is 3. The zero-order chi connectivity index (χ0) is 29.4. The summed E-state index contributed by atoms with van der Waals surface area (Å²) in [6.07, 6.45) is 2.11. The lowest BCUT2D eigenvalue weighted by Crippen LogP contribution is -2.38. The third-order valence-corrected chi connectivity index (χ3v) is 6.85. The molecule has 3 aromatic carbocycles. The molecule has 0 spiro atoms. The molecule has 0 aliphatic heterocycles. The third-order valence-electron chi connectivity index (χ3n) is 6.07. The Balaban J connectivity index is 1.43. The zero-order valence-electron chi connectivity index (χ0n) is 22.9. The maximum absolute atomic E-state index is 13.9. The molecular weight excluding hydrogens is 552 g/mol. The van der Waals surface area contributed by atoms with Crippen molar-refractivity contribution < 1.29 is 32.4 Å². The van der Waals surface area contributed by atoms with Gasteiger partial charge in [0.25, 0.3) is 5.91 Å². The minimum atomic E-state index is -0.904. The Bertz CT molecular complexity index is 1510. The predicted molar refractivity (Wildman–Crippen MR) is 150 cm³/mol. The highest BCUT2D eigenvalue weighted by Gasteiger charge is 2.21. The first-order valence-corrected chi connectivity index (χ1v) is 14.1. The van der Waals surface area contributed by atoms with Crippen molar-refractivity contribution in [1.29, 1.82) is 0 Å². The van der Waals surface area contributed by atoms with Crippen LogP contribution in [0.1, 0.15) is 34.6 Å². The highest BCUT2D eigenvalue weighted by atomic mass is 32.2. The van der Waals surface area contributed by atoms with Crippen LogP contribution < -0.4 is 4.74 Å². The van der Waals surface area contributed by atoms with Gasteiger partial charge in [0.1, 0.15) is 18.9 Å². The number of esters is 1. The van der Waals surface area contributed by atoms with Crippen molar-refractivity contribution in [3.05, 3.63) is 95.1 Å². The molecule has 0 fully saturated rings. The Morgan fingerprint density at radius 1 is 1.05 bits per heavy atom. The van der Waals surface area contributed by atoms with Crippen molar-refractivity contribution >= 4 is 23.6 Å². The zero-order valence-corrected chi connectivity index (χ0v) is 23.7. The van der Waals surface area contributed by atoms with Crippen LogP contribution in [-0.2, 0) is 22.6 Å². The minimum absolute atomic E-state index is 0.182. The number of nitrogens with zero attached hydrogens (tertiary/aromatic N) is 3. The Hall–Kier alpha value is -4.25. The number of carbonyl (C=O) groups is 2. The van der Waals surface area contributed by atoms with E-state index in [1.807, 2.05) is 6.07 Å². The van der Waals surface area contributed by atoms with Gasteiger partial charge in [0, 0.05) is 30.3 Å². The van der Waals surface area contributed by atoms with Crippen LogP contribution in [0.5, 0.6) is 5.75 Å². The van der Waals surface area contributed by atoms with Crippen molar-refractivity contribution in [3.63, 3.8) is 0 Å². The fourth-order valence-electron chi connectivity index (χ4n) is 4.09. The fraction of sp³-hybridized carbons (Fsp3) is 0.267. The van der Waals surface area contributed by atoms with Gasteiger partial charge >= 0.3 is 5.97 Å². The summed E-state index contributed by atoms with van der Waals surface area (Å²) in [6, 6.07) is 16.4.